The number of methoxy groups -OCH3 is 1. The molecule has 1 saturated carbocycles. The van der Waals surface area contributed by atoms with Crippen LogP contribution in [0.5, 0.6) is 17.2 Å². The van der Waals surface area contributed by atoms with Crippen molar-refractivity contribution in [2.75, 3.05) is 7.11 Å². The first-order valence-corrected chi connectivity index (χ1v) is 12.8. The van der Waals surface area contributed by atoms with Gasteiger partial charge >= 0.3 is 0 Å². The van der Waals surface area contributed by atoms with Gasteiger partial charge in [-0.25, -0.2) is 0 Å². The van der Waals surface area contributed by atoms with E-state index in [1.165, 1.54) is 26.2 Å². The van der Waals surface area contributed by atoms with Gasteiger partial charge in [0.05, 0.1) is 42.1 Å². The summed E-state index contributed by atoms with van der Waals surface area (Å²) in [6.07, 6.45) is -1.45. The number of aliphatic hydroxyl groups excluding tert-OH is 1. The first-order chi connectivity index (χ1) is 17.9. The van der Waals surface area contributed by atoms with Crippen molar-refractivity contribution in [1.82, 2.24) is 0 Å². The number of hydrogen-bond acceptors (Lipinski definition) is 9. The molecule has 0 amide bonds. The van der Waals surface area contributed by atoms with Crippen LogP contribution in [0.3, 0.4) is 0 Å². The number of rotatable bonds is 4. The third-order valence-electron chi connectivity index (χ3n) is 8.52. The molecule has 0 bridgehead atoms. The zero-order valence-electron chi connectivity index (χ0n) is 21.8. The van der Waals surface area contributed by atoms with E-state index in [1.54, 1.807) is 6.07 Å². The summed E-state index contributed by atoms with van der Waals surface area (Å²) in [5, 5.41) is 44.6. The monoisotopic (exact) mass is 524 g/mol. The molecule has 3 unspecified atom stereocenters. The molecule has 0 spiro atoms. The number of carbonyl (C=O) groups excluding carboxylic acids is 3. The molecule has 0 aromatic heterocycles. The van der Waals surface area contributed by atoms with Crippen molar-refractivity contribution in [2.45, 2.75) is 70.4 Å². The summed E-state index contributed by atoms with van der Waals surface area (Å²) in [5.41, 5.74) is -2.56. The predicted molar refractivity (Wildman–Crippen MR) is 135 cm³/mol. The Kier molecular flexibility index (Phi) is 6.37. The minimum absolute atomic E-state index is 0.000336. The lowest BCUT2D eigenvalue weighted by molar-refractivity contribution is -0.147. The molecule has 0 saturated heterocycles. The quantitative estimate of drug-likeness (QED) is 0.378. The molecule has 0 heterocycles. The van der Waals surface area contributed by atoms with Crippen molar-refractivity contribution in [3.63, 3.8) is 0 Å². The van der Waals surface area contributed by atoms with Crippen molar-refractivity contribution in [2.24, 2.45) is 11.8 Å². The lowest BCUT2D eigenvalue weighted by Gasteiger charge is -2.42. The highest BCUT2D eigenvalue weighted by Crippen LogP contribution is 2.52. The lowest BCUT2D eigenvalue weighted by atomic mass is 9.71. The van der Waals surface area contributed by atoms with E-state index in [4.69, 9.17) is 9.47 Å². The molecule has 3 aliphatic rings. The molecule has 202 valence electrons. The fourth-order valence-electron chi connectivity index (χ4n) is 6.41. The number of ketones is 3. The third kappa shape index (κ3) is 3.83. The number of hydrogen-bond donors (Lipinski definition) is 4. The lowest BCUT2D eigenvalue weighted by Crippen LogP contribution is -2.46. The topological polar surface area (TPSA) is 151 Å². The van der Waals surface area contributed by atoms with Crippen LogP contribution in [0.25, 0.3) is 0 Å². The molecule has 38 heavy (non-hydrogen) atoms. The van der Waals surface area contributed by atoms with Gasteiger partial charge in [-0.1, -0.05) is 26.0 Å². The molecule has 6 atom stereocenters. The number of ether oxygens (including phenoxy) is 2. The molecule has 0 aliphatic heterocycles. The van der Waals surface area contributed by atoms with E-state index in [1.807, 2.05) is 13.8 Å². The fraction of sp³-hybridized carbons (Fsp3) is 0.483. The van der Waals surface area contributed by atoms with E-state index in [2.05, 4.69) is 0 Å². The second-order valence-corrected chi connectivity index (χ2v) is 11.0. The summed E-state index contributed by atoms with van der Waals surface area (Å²) in [6, 6.07) is 4.52. The van der Waals surface area contributed by atoms with Gasteiger partial charge in [0.15, 0.2) is 11.6 Å². The number of phenols is 2. The van der Waals surface area contributed by atoms with Gasteiger partial charge in [-0.2, -0.15) is 0 Å². The Morgan fingerprint density at radius 2 is 1.63 bits per heavy atom. The highest BCUT2D eigenvalue weighted by atomic mass is 16.5. The van der Waals surface area contributed by atoms with Crippen LogP contribution in [-0.4, -0.2) is 62.7 Å². The van der Waals surface area contributed by atoms with E-state index in [0.717, 1.165) is 0 Å². The number of fused-ring (bicyclic) bond motifs is 3. The van der Waals surface area contributed by atoms with Crippen LogP contribution in [-0.2, 0) is 16.0 Å². The van der Waals surface area contributed by atoms with Gasteiger partial charge in [-0.05, 0) is 37.7 Å². The predicted octanol–water partition coefficient (Wildman–Crippen LogP) is 3.00. The van der Waals surface area contributed by atoms with Crippen molar-refractivity contribution in [3.05, 3.63) is 51.6 Å². The van der Waals surface area contributed by atoms with Gasteiger partial charge in [-0.15, -0.1) is 0 Å². The molecular weight excluding hydrogens is 492 g/mol. The summed E-state index contributed by atoms with van der Waals surface area (Å²) in [4.78, 5) is 39.7. The summed E-state index contributed by atoms with van der Waals surface area (Å²) in [5.74, 6) is -2.96. The van der Waals surface area contributed by atoms with Gasteiger partial charge in [-0.3, -0.25) is 14.4 Å². The Hall–Kier alpha value is -3.27. The van der Waals surface area contributed by atoms with Crippen LogP contribution in [0.2, 0.25) is 0 Å². The Morgan fingerprint density at radius 1 is 1.00 bits per heavy atom. The van der Waals surface area contributed by atoms with Crippen LogP contribution in [0, 0.1) is 11.8 Å². The van der Waals surface area contributed by atoms with Crippen molar-refractivity contribution < 1.29 is 44.3 Å². The van der Waals surface area contributed by atoms with E-state index in [-0.39, 0.29) is 69.9 Å². The maximum atomic E-state index is 13.7. The molecule has 9 heteroatoms. The van der Waals surface area contributed by atoms with E-state index in [9.17, 15) is 34.8 Å². The molecule has 0 radical (unpaired) electrons. The number of phenolic OH excluding ortho intramolecular Hbond substituents is 2. The number of aliphatic hydroxyl groups is 2. The van der Waals surface area contributed by atoms with Crippen molar-refractivity contribution in [1.29, 1.82) is 0 Å². The first-order valence-electron chi connectivity index (χ1n) is 12.8. The van der Waals surface area contributed by atoms with Gasteiger partial charge in [0.25, 0.3) is 0 Å². The maximum absolute atomic E-state index is 13.7. The molecule has 3 aliphatic carbocycles. The Bertz CT molecular complexity index is 1350. The summed E-state index contributed by atoms with van der Waals surface area (Å²) < 4.78 is 11.7. The van der Waals surface area contributed by atoms with Gasteiger partial charge in [0.2, 0.25) is 5.78 Å². The van der Waals surface area contributed by atoms with Gasteiger partial charge in [0, 0.05) is 29.5 Å². The molecule has 5 rings (SSSR count). The largest absolute Gasteiger partial charge is 0.507 e. The highest BCUT2D eigenvalue weighted by Gasteiger charge is 2.49. The number of carbonyl (C=O) groups is 3. The van der Waals surface area contributed by atoms with Gasteiger partial charge < -0.3 is 29.9 Å². The summed E-state index contributed by atoms with van der Waals surface area (Å²) in [6.45, 7) is 5.05. The molecule has 9 nitrogen and oxygen atoms in total. The third-order valence-corrected chi connectivity index (χ3v) is 8.52. The number of benzene rings is 2. The molecular formula is C29H32O9. The van der Waals surface area contributed by atoms with Gasteiger partial charge in [0.1, 0.15) is 22.8 Å². The second kappa shape index (κ2) is 9.18. The number of Topliss-reactive ketones (excluding diaryl/α,β-unsaturated/α-hetero) is 1. The molecule has 4 N–H and O–H groups in total. The smallest absolute Gasteiger partial charge is 0.202 e. The zero-order chi connectivity index (χ0) is 27.7. The SMILES string of the molecule is COc1cccc2c1C(=O)c1c(O)c3c(c(O)c1C2=O)C[C@@](O)(C(C)=O)CC3OC1C[C@@H](C)C(O)[C@@H](C)C1. The zero-order valence-corrected chi connectivity index (χ0v) is 21.8. The number of aromatic hydroxyl groups is 2. The van der Waals surface area contributed by atoms with Crippen molar-refractivity contribution in [3.8, 4) is 17.2 Å². The van der Waals surface area contributed by atoms with Crippen LogP contribution in [0.15, 0.2) is 18.2 Å². The fourth-order valence-corrected chi connectivity index (χ4v) is 6.41. The molecule has 1 fully saturated rings. The maximum Gasteiger partial charge on any atom is 0.202 e. The first kappa shape index (κ1) is 26.3. The Labute approximate surface area is 220 Å². The van der Waals surface area contributed by atoms with Crippen LogP contribution < -0.4 is 4.74 Å². The van der Waals surface area contributed by atoms with Crippen LogP contribution in [0.4, 0.5) is 0 Å². The van der Waals surface area contributed by atoms with Crippen molar-refractivity contribution >= 4 is 17.3 Å². The van der Waals surface area contributed by atoms with Crippen LogP contribution >= 0.6 is 0 Å². The average molecular weight is 525 g/mol. The summed E-state index contributed by atoms with van der Waals surface area (Å²) in [7, 11) is 1.36. The summed E-state index contributed by atoms with van der Waals surface area (Å²) >= 11 is 0. The standard InChI is InChI=1S/C29H32O9/c1-12-8-15(9-13(2)24(12)31)38-19-11-29(36,14(3)30)10-17-21(19)28(35)23-22(26(17)33)25(32)16-6-5-7-18(37-4)20(16)27(23)34/h5-7,12-13,15,19,24,31,33,35-36H,8-11H2,1-4H3/t12-,13+,15?,19?,24?,29-/m0/s1. The van der Waals surface area contributed by atoms with E-state index < -0.39 is 46.7 Å². The van der Waals surface area contributed by atoms with E-state index >= 15 is 0 Å². The Balaban J connectivity index is 1.68. The minimum Gasteiger partial charge on any atom is -0.507 e. The normalized spacial score (nSPS) is 30.3. The molecule has 2 aromatic rings. The highest BCUT2D eigenvalue weighted by molar-refractivity contribution is 6.31. The molecule has 2 aromatic carbocycles. The Morgan fingerprint density at radius 3 is 2.24 bits per heavy atom. The van der Waals surface area contributed by atoms with E-state index in [0.29, 0.717) is 12.8 Å². The average Bonchev–Trinajstić information content (AvgIpc) is 2.87. The minimum atomic E-state index is -1.91. The second-order valence-electron chi connectivity index (χ2n) is 11.0. The van der Waals surface area contributed by atoms with Crippen LogP contribution in [0.1, 0.15) is 89.1 Å².